The highest BCUT2D eigenvalue weighted by atomic mass is 32.2. The van der Waals surface area contributed by atoms with Gasteiger partial charge in [0.15, 0.2) is 0 Å². The molecule has 7 heteroatoms. The zero-order chi connectivity index (χ0) is 18.9. The number of rotatable bonds is 3. The summed E-state index contributed by atoms with van der Waals surface area (Å²) in [5.74, 6) is -0.708. The summed E-state index contributed by atoms with van der Waals surface area (Å²) in [6.45, 7) is 2.94. The first-order chi connectivity index (χ1) is 12.3. The van der Waals surface area contributed by atoms with Crippen LogP contribution in [0.4, 0.5) is 8.78 Å². The molecule has 0 radical (unpaired) electrons. The van der Waals surface area contributed by atoms with Crippen LogP contribution >= 0.6 is 24.4 Å². The summed E-state index contributed by atoms with van der Waals surface area (Å²) in [4.78, 5) is 12.5. The number of benzene rings is 2. The van der Waals surface area contributed by atoms with Crippen molar-refractivity contribution in [3.05, 3.63) is 65.2 Å². The van der Waals surface area contributed by atoms with Gasteiger partial charge in [-0.05, 0) is 37.6 Å². The van der Waals surface area contributed by atoms with E-state index in [9.17, 15) is 13.6 Å². The van der Waals surface area contributed by atoms with Gasteiger partial charge in [-0.3, -0.25) is 4.79 Å². The summed E-state index contributed by atoms with van der Waals surface area (Å²) in [6.07, 6.45) is 0.583. The third-order valence-corrected chi connectivity index (χ3v) is 5.97. The van der Waals surface area contributed by atoms with Gasteiger partial charge in [0, 0.05) is 28.7 Å². The summed E-state index contributed by atoms with van der Waals surface area (Å²) in [6, 6.07) is 10.9. The number of hydrogen-bond acceptors (Lipinski definition) is 4. The molecule has 0 aromatic heterocycles. The molecule has 1 aliphatic heterocycles. The largest absolute Gasteiger partial charge is 0.273 e. The third kappa shape index (κ3) is 3.50. The molecule has 2 aromatic carbocycles. The van der Waals surface area contributed by atoms with Crippen molar-refractivity contribution in [2.24, 2.45) is 5.10 Å². The highest BCUT2D eigenvalue weighted by Gasteiger charge is 2.41. The van der Waals surface area contributed by atoms with Crippen LogP contribution in [0.2, 0.25) is 0 Å². The predicted molar refractivity (Wildman–Crippen MR) is 104 cm³/mol. The minimum atomic E-state index is -0.946. The molecular weight excluding hydrogens is 374 g/mol. The van der Waals surface area contributed by atoms with E-state index in [1.54, 1.807) is 18.7 Å². The first-order valence-corrected chi connectivity index (χ1v) is 9.52. The number of carbonyl (C=O) groups is 1. The summed E-state index contributed by atoms with van der Waals surface area (Å²) < 4.78 is 27.6. The number of thioether (sulfide) groups is 1. The molecule has 2 aromatic rings. The molecule has 3 rings (SSSR count). The van der Waals surface area contributed by atoms with Crippen molar-refractivity contribution in [1.82, 2.24) is 5.01 Å². The fraction of sp³-hybridized carbons (Fsp3) is 0.263. The van der Waals surface area contributed by atoms with Gasteiger partial charge in [-0.1, -0.05) is 18.2 Å². The quantitative estimate of drug-likeness (QED) is 0.352. The molecule has 1 heterocycles. The predicted octanol–water partition coefficient (Wildman–Crippen LogP) is 4.82. The minimum Gasteiger partial charge on any atom is -0.273 e. The second kappa shape index (κ2) is 7.40. The Morgan fingerprint density at radius 2 is 1.96 bits per heavy atom. The van der Waals surface area contributed by atoms with Gasteiger partial charge >= 0.3 is 0 Å². The van der Waals surface area contributed by atoms with Gasteiger partial charge < -0.3 is 0 Å². The van der Waals surface area contributed by atoms with E-state index < -0.39 is 16.5 Å². The van der Waals surface area contributed by atoms with Crippen molar-refractivity contribution in [3.63, 3.8) is 0 Å². The molecule has 136 valence electrons. The van der Waals surface area contributed by atoms with Crippen LogP contribution in [0.1, 0.15) is 31.4 Å². The second-order valence-corrected chi connectivity index (χ2v) is 7.93. The van der Waals surface area contributed by atoms with Crippen molar-refractivity contribution >= 4 is 36.0 Å². The van der Waals surface area contributed by atoms with Crippen LogP contribution in [0.3, 0.4) is 0 Å². The van der Waals surface area contributed by atoms with Gasteiger partial charge in [0.1, 0.15) is 16.5 Å². The van der Waals surface area contributed by atoms with Crippen LogP contribution in [0.15, 0.2) is 52.5 Å². The lowest BCUT2D eigenvalue weighted by Gasteiger charge is -2.40. The third-order valence-electron chi connectivity index (χ3n) is 4.24. The molecule has 1 amide bonds. The molecule has 1 unspecified atom stereocenters. The average Bonchev–Trinajstić information content (AvgIpc) is 2.61. The topological polar surface area (TPSA) is 32.7 Å². The molecule has 0 bridgehead atoms. The molecule has 0 saturated carbocycles. The zero-order valence-corrected chi connectivity index (χ0v) is 16.1. The van der Waals surface area contributed by atoms with Crippen LogP contribution in [-0.2, 0) is 9.67 Å². The maximum Gasteiger partial charge on any atom is 0.241 e. The van der Waals surface area contributed by atoms with E-state index in [1.807, 2.05) is 24.3 Å². The van der Waals surface area contributed by atoms with Gasteiger partial charge in [0.05, 0.1) is 5.71 Å². The van der Waals surface area contributed by atoms with E-state index in [-0.39, 0.29) is 17.2 Å². The normalized spacial score (nSPS) is 19.8. The molecule has 3 nitrogen and oxygen atoms in total. The Hall–Kier alpha value is -1.86. The van der Waals surface area contributed by atoms with Crippen LogP contribution in [-0.4, -0.2) is 22.4 Å². The molecule has 0 N–H and O–H groups in total. The van der Waals surface area contributed by atoms with Gasteiger partial charge in [-0.25, -0.2) is 13.8 Å². The van der Waals surface area contributed by atoms with Crippen LogP contribution in [0.25, 0.3) is 0 Å². The van der Waals surface area contributed by atoms with Crippen LogP contribution in [0.5, 0.6) is 0 Å². The standard InChI is InChI=1S/C19H18F2N2OS2/c1-12(15-11-14(20)7-8-17(15)21)22-23(13(2)24)19(25)9-10-26-18-6-4-3-5-16(18)19/h3-8,11,25H,9-10H2,1-2H3/b22-12+. The highest BCUT2D eigenvalue weighted by molar-refractivity contribution is 7.99. The molecule has 0 aliphatic carbocycles. The van der Waals surface area contributed by atoms with E-state index >= 15 is 0 Å². The second-order valence-electron chi connectivity index (χ2n) is 6.05. The Morgan fingerprint density at radius 3 is 2.69 bits per heavy atom. The minimum absolute atomic E-state index is 0.0200. The van der Waals surface area contributed by atoms with E-state index in [2.05, 4.69) is 5.10 Å². The van der Waals surface area contributed by atoms with Crippen molar-refractivity contribution in [2.45, 2.75) is 30.0 Å². The molecule has 0 spiro atoms. The number of nitrogens with zero attached hydrogens (tertiary/aromatic N) is 2. The van der Waals surface area contributed by atoms with Crippen molar-refractivity contribution in [3.8, 4) is 0 Å². The number of thiol groups is 1. The average molecular weight is 392 g/mol. The molecule has 1 atom stereocenters. The summed E-state index contributed by atoms with van der Waals surface area (Å²) in [5.41, 5.74) is 1.11. The Bertz CT molecular complexity index is 888. The van der Waals surface area contributed by atoms with Crippen molar-refractivity contribution < 1.29 is 13.6 Å². The van der Waals surface area contributed by atoms with Crippen LogP contribution in [0, 0.1) is 11.6 Å². The number of carbonyl (C=O) groups excluding carboxylic acids is 1. The Kier molecular flexibility index (Phi) is 5.39. The van der Waals surface area contributed by atoms with Gasteiger partial charge in [-0.15, -0.1) is 24.4 Å². The maximum absolute atomic E-state index is 14.1. The lowest BCUT2D eigenvalue weighted by Crippen LogP contribution is -2.44. The Balaban J connectivity index is 2.08. The first kappa shape index (κ1) is 18.9. The summed E-state index contributed by atoms with van der Waals surface area (Å²) in [7, 11) is 0. The fourth-order valence-corrected chi connectivity index (χ4v) is 4.88. The van der Waals surface area contributed by atoms with Gasteiger partial charge in [0.25, 0.3) is 0 Å². The number of hydrazone groups is 1. The van der Waals surface area contributed by atoms with Crippen molar-refractivity contribution in [2.75, 3.05) is 5.75 Å². The summed E-state index contributed by atoms with van der Waals surface area (Å²) in [5, 5.41) is 5.62. The first-order valence-electron chi connectivity index (χ1n) is 8.09. The van der Waals surface area contributed by atoms with E-state index in [4.69, 9.17) is 12.6 Å². The van der Waals surface area contributed by atoms with Crippen molar-refractivity contribution in [1.29, 1.82) is 0 Å². The molecule has 0 fully saturated rings. The fourth-order valence-electron chi connectivity index (χ4n) is 2.97. The van der Waals surface area contributed by atoms with Gasteiger partial charge in [-0.2, -0.15) is 5.10 Å². The van der Waals surface area contributed by atoms with Crippen LogP contribution < -0.4 is 0 Å². The summed E-state index contributed by atoms with van der Waals surface area (Å²) >= 11 is 6.51. The van der Waals surface area contributed by atoms with E-state index in [0.717, 1.165) is 34.4 Å². The SMILES string of the molecule is CC(=O)N(/N=C(\C)c1cc(F)ccc1F)C1(S)CCSc2ccccc21. The van der Waals surface area contributed by atoms with E-state index in [0.29, 0.717) is 6.42 Å². The molecule has 26 heavy (non-hydrogen) atoms. The number of amides is 1. The maximum atomic E-state index is 14.1. The smallest absolute Gasteiger partial charge is 0.241 e. The number of hydrogen-bond donors (Lipinski definition) is 1. The van der Waals surface area contributed by atoms with Gasteiger partial charge in [0.2, 0.25) is 5.91 Å². The monoisotopic (exact) mass is 392 g/mol. The molecular formula is C19H18F2N2OS2. The lowest BCUT2D eigenvalue weighted by molar-refractivity contribution is -0.132. The number of fused-ring (bicyclic) bond motifs is 1. The molecule has 0 saturated heterocycles. The number of halogens is 2. The lowest BCUT2D eigenvalue weighted by atomic mass is 10.0. The Labute approximate surface area is 160 Å². The molecule has 1 aliphatic rings. The Morgan fingerprint density at radius 1 is 1.23 bits per heavy atom. The highest BCUT2D eigenvalue weighted by Crippen LogP contribution is 2.46. The zero-order valence-electron chi connectivity index (χ0n) is 14.4. The van der Waals surface area contributed by atoms with E-state index in [1.165, 1.54) is 11.9 Å².